The van der Waals surface area contributed by atoms with Crippen molar-refractivity contribution in [3.8, 4) is 5.75 Å². The number of ether oxygens (including phenoxy) is 1. The lowest BCUT2D eigenvalue weighted by Crippen LogP contribution is -2.10. The molecule has 1 aromatic carbocycles. The highest BCUT2D eigenvalue weighted by atomic mass is 35.5. The van der Waals surface area contributed by atoms with E-state index in [1.165, 1.54) is 11.3 Å². The molecule has 0 unspecified atom stereocenters. The molecule has 0 bridgehead atoms. The van der Waals surface area contributed by atoms with Crippen molar-refractivity contribution >= 4 is 34.5 Å². The summed E-state index contributed by atoms with van der Waals surface area (Å²) in [4.78, 5) is 12.9. The average Bonchev–Trinajstić information content (AvgIpc) is 3.17. The van der Waals surface area contributed by atoms with E-state index in [0.29, 0.717) is 16.5 Å². The van der Waals surface area contributed by atoms with E-state index in [4.69, 9.17) is 16.3 Å². The molecule has 3 rings (SSSR count). The fourth-order valence-electron chi connectivity index (χ4n) is 2.07. The van der Waals surface area contributed by atoms with E-state index in [2.05, 4.69) is 10.4 Å². The fraction of sp³-hybridized carbons (Fsp3) is 0.176. The van der Waals surface area contributed by atoms with E-state index < -0.39 is 0 Å². The Hall–Kier alpha value is -2.31. The summed E-state index contributed by atoms with van der Waals surface area (Å²) in [6, 6.07) is 9.02. The molecule has 2 heterocycles. The number of aryl methyl sites for hydroxylation is 1. The van der Waals surface area contributed by atoms with E-state index in [1.807, 2.05) is 37.6 Å². The minimum absolute atomic E-state index is 0.145. The molecule has 0 saturated carbocycles. The number of hydrogen-bond donors (Lipinski definition) is 1. The number of rotatable bonds is 5. The van der Waals surface area contributed by atoms with Gasteiger partial charge in [-0.1, -0.05) is 11.6 Å². The molecule has 3 aromatic rings. The normalized spacial score (nSPS) is 10.6. The highest BCUT2D eigenvalue weighted by Gasteiger charge is 2.12. The number of hydrogen-bond acceptors (Lipinski definition) is 4. The molecule has 0 saturated heterocycles. The standard InChI is InChI=1S/C17H16ClN3O2S/c1-11-15(8-19-21(11)2)20-17(22)16-7-12(10-24-16)9-23-14-5-3-13(18)4-6-14/h3-8,10H,9H2,1-2H3,(H,20,22). The Morgan fingerprint density at radius 2 is 2.12 bits per heavy atom. The second-order valence-corrected chi connectivity index (χ2v) is 6.63. The smallest absolute Gasteiger partial charge is 0.265 e. The Balaban J connectivity index is 1.61. The lowest BCUT2D eigenvalue weighted by atomic mass is 10.3. The average molecular weight is 362 g/mol. The van der Waals surface area contributed by atoms with Gasteiger partial charge in [0.15, 0.2) is 0 Å². The summed E-state index contributed by atoms with van der Waals surface area (Å²) in [5.41, 5.74) is 2.57. The van der Waals surface area contributed by atoms with Gasteiger partial charge in [-0.2, -0.15) is 5.10 Å². The van der Waals surface area contributed by atoms with Crippen molar-refractivity contribution in [3.63, 3.8) is 0 Å². The van der Waals surface area contributed by atoms with E-state index in [0.717, 1.165) is 22.7 Å². The molecule has 124 valence electrons. The van der Waals surface area contributed by atoms with Gasteiger partial charge < -0.3 is 10.1 Å². The summed E-state index contributed by atoms with van der Waals surface area (Å²) >= 11 is 7.23. The minimum atomic E-state index is -0.145. The number of halogens is 1. The lowest BCUT2D eigenvalue weighted by Gasteiger charge is -2.04. The topological polar surface area (TPSA) is 56.1 Å². The summed E-state index contributed by atoms with van der Waals surface area (Å²) < 4.78 is 7.40. The van der Waals surface area contributed by atoms with Crippen molar-refractivity contribution in [2.45, 2.75) is 13.5 Å². The first kappa shape index (κ1) is 16.5. The molecule has 0 radical (unpaired) electrons. The first-order valence-corrected chi connectivity index (χ1v) is 8.54. The van der Waals surface area contributed by atoms with Crippen LogP contribution in [0.4, 0.5) is 5.69 Å². The minimum Gasteiger partial charge on any atom is -0.489 e. The lowest BCUT2D eigenvalue weighted by molar-refractivity contribution is 0.103. The molecule has 0 aliphatic heterocycles. The Bertz CT molecular complexity index is 855. The maximum atomic E-state index is 12.3. The molecule has 0 aliphatic carbocycles. The Morgan fingerprint density at radius 1 is 1.38 bits per heavy atom. The van der Waals surface area contributed by atoms with Crippen molar-refractivity contribution in [3.05, 3.63) is 63.1 Å². The number of benzene rings is 1. The predicted octanol–water partition coefficient (Wildman–Crippen LogP) is 4.27. The first-order chi connectivity index (χ1) is 11.5. The summed E-state index contributed by atoms with van der Waals surface area (Å²) in [7, 11) is 1.84. The zero-order valence-corrected chi connectivity index (χ0v) is 14.8. The fourth-order valence-corrected chi connectivity index (χ4v) is 2.99. The Morgan fingerprint density at radius 3 is 2.79 bits per heavy atom. The van der Waals surface area contributed by atoms with Crippen molar-refractivity contribution in [2.75, 3.05) is 5.32 Å². The van der Waals surface area contributed by atoms with Crippen LogP contribution in [0.3, 0.4) is 0 Å². The number of carbonyl (C=O) groups excluding carboxylic acids is 1. The summed E-state index contributed by atoms with van der Waals surface area (Å²) in [5, 5.41) is 9.57. The van der Waals surface area contributed by atoms with Crippen LogP contribution in [0, 0.1) is 6.92 Å². The number of amides is 1. The van der Waals surface area contributed by atoms with Gasteiger partial charge in [-0.15, -0.1) is 11.3 Å². The van der Waals surface area contributed by atoms with Gasteiger partial charge in [-0.05, 0) is 42.6 Å². The molecule has 24 heavy (non-hydrogen) atoms. The quantitative estimate of drug-likeness (QED) is 0.738. The zero-order valence-electron chi connectivity index (χ0n) is 13.2. The summed E-state index contributed by atoms with van der Waals surface area (Å²) in [6.07, 6.45) is 1.64. The molecule has 0 aliphatic rings. The SMILES string of the molecule is Cc1c(NC(=O)c2cc(COc3ccc(Cl)cc3)cs2)cnn1C. The number of thiophene rings is 1. The van der Waals surface area contributed by atoms with Crippen LogP contribution in [0.25, 0.3) is 0 Å². The van der Waals surface area contributed by atoms with E-state index in [1.54, 1.807) is 23.0 Å². The van der Waals surface area contributed by atoms with Gasteiger partial charge in [0.1, 0.15) is 12.4 Å². The van der Waals surface area contributed by atoms with Crippen LogP contribution in [0.1, 0.15) is 20.9 Å². The van der Waals surface area contributed by atoms with E-state index in [9.17, 15) is 4.79 Å². The van der Waals surface area contributed by atoms with Crippen LogP contribution in [-0.2, 0) is 13.7 Å². The first-order valence-electron chi connectivity index (χ1n) is 7.28. The van der Waals surface area contributed by atoms with Gasteiger partial charge in [0.05, 0.1) is 22.5 Å². The van der Waals surface area contributed by atoms with E-state index in [-0.39, 0.29) is 5.91 Å². The molecule has 5 nitrogen and oxygen atoms in total. The van der Waals surface area contributed by atoms with Gasteiger partial charge in [0.2, 0.25) is 0 Å². The van der Waals surface area contributed by atoms with Gasteiger partial charge in [0, 0.05) is 17.6 Å². The van der Waals surface area contributed by atoms with Gasteiger partial charge >= 0.3 is 0 Å². The third-order valence-corrected chi connectivity index (χ3v) is 4.81. The van der Waals surface area contributed by atoms with Crippen LogP contribution in [0.2, 0.25) is 5.02 Å². The van der Waals surface area contributed by atoms with Gasteiger partial charge in [0.25, 0.3) is 5.91 Å². The molecule has 1 N–H and O–H groups in total. The number of aromatic nitrogens is 2. The zero-order chi connectivity index (χ0) is 17.1. The molecule has 1 amide bonds. The monoisotopic (exact) mass is 361 g/mol. The van der Waals surface area contributed by atoms with Crippen molar-refractivity contribution < 1.29 is 9.53 Å². The van der Waals surface area contributed by atoms with Gasteiger partial charge in [-0.3, -0.25) is 9.48 Å². The number of nitrogens with one attached hydrogen (secondary N) is 1. The Kier molecular flexibility index (Phi) is 4.87. The molecule has 0 atom stereocenters. The second kappa shape index (κ2) is 7.07. The van der Waals surface area contributed by atoms with Gasteiger partial charge in [-0.25, -0.2) is 0 Å². The highest BCUT2D eigenvalue weighted by molar-refractivity contribution is 7.12. The van der Waals surface area contributed by atoms with Crippen LogP contribution < -0.4 is 10.1 Å². The van der Waals surface area contributed by atoms with Crippen LogP contribution in [0.5, 0.6) is 5.75 Å². The second-order valence-electron chi connectivity index (χ2n) is 5.28. The summed E-state index contributed by atoms with van der Waals surface area (Å²) in [5.74, 6) is 0.594. The molecular weight excluding hydrogens is 346 g/mol. The van der Waals surface area contributed by atoms with Crippen LogP contribution in [0.15, 0.2) is 41.9 Å². The predicted molar refractivity (Wildman–Crippen MR) is 96.0 cm³/mol. The maximum Gasteiger partial charge on any atom is 0.265 e. The molecular formula is C17H16ClN3O2S. The number of anilines is 1. The number of carbonyl (C=O) groups is 1. The molecule has 0 spiro atoms. The maximum absolute atomic E-state index is 12.3. The van der Waals surface area contributed by atoms with E-state index >= 15 is 0 Å². The van der Waals surface area contributed by atoms with Crippen molar-refractivity contribution in [2.24, 2.45) is 7.05 Å². The molecule has 7 heteroatoms. The third kappa shape index (κ3) is 3.77. The van der Waals surface area contributed by atoms with Crippen LogP contribution >= 0.6 is 22.9 Å². The third-order valence-electron chi connectivity index (χ3n) is 3.58. The largest absolute Gasteiger partial charge is 0.489 e. The molecule has 2 aromatic heterocycles. The van der Waals surface area contributed by atoms with Crippen molar-refractivity contribution in [1.82, 2.24) is 9.78 Å². The Labute approximate surface area is 148 Å². The number of nitrogens with zero attached hydrogens (tertiary/aromatic N) is 2. The van der Waals surface area contributed by atoms with Crippen LogP contribution in [-0.4, -0.2) is 15.7 Å². The highest BCUT2D eigenvalue weighted by Crippen LogP contribution is 2.21. The van der Waals surface area contributed by atoms with Crippen molar-refractivity contribution in [1.29, 1.82) is 0 Å². The molecule has 0 fully saturated rings. The summed E-state index contributed by atoms with van der Waals surface area (Å²) in [6.45, 7) is 2.31.